The van der Waals surface area contributed by atoms with Crippen molar-refractivity contribution in [2.24, 2.45) is 0 Å². The van der Waals surface area contributed by atoms with Gasteiger partial charge in [0.05, 0.1) is 38.4 Å². The standard InChI is InChI=1S/C20H18N4O4.C11H11N3O.C8H9NO2/c1-28-17-8-3-2-7-15(17)16-11-18(22-12-21-16)24-20(27)23-14-6-4-5-13(9-14)10-19(25)26;1-15-10-5-3-2-4-8(10)9-6-11(12)14-7-13-9;9-7-3-1-2-6(4-7)5-8(10)11/h2-9,11-12H,10H2,1H3,(H,25,26)(H2,21,22,23,24,27);2-7H,1H3,(H2,12,13,14);1-4H,5,9H2,(H,10,11). The molecule has 15 nitrogen and oxygen atoms in total. The van der Waals surface area contributed by atoms with Gasteiger partial charge in [-0.3, -0.25) is 14.9 Å². The lowest BCUT2D eigenvalue weighted by Gasteiger charge is -2.10. The number of carbonyl (C=O) groups excluding carboxylic acids is 1. The van der Waals surface area contributed by atoms with Crippen molar-refractivity contribution < 1.29 is 34.1 Å². The number of carbonyl (C=O) groups is 3. The van der Waals surface area contributed by atoms with Gasteiger partial charge in [0.1, 0.15) is 35.8 Å². The summed E-state index contributed by atoms with van der Waals surface area (Å²) in [5.74, 6) is 0.422. The van der Waals surface area contributed by atoms with Gasteiger partial charge in [-0.1, -0.05) is 48.5 Å². The van der Waals surface area contributed by atoms with Crippen LogP contribution in [0.15, 0.2) is 122 Å². The average molecular weight is 731 g/mol. The first-order valence-electron chi connectivity index (χ1n) is 16.2. The lowest BCUT2D eigenvalue weighted by atomic mass is 10.1. The smallest absolute Gasteiger partial charge is 0.324 e. The molecule has 0 aliphatic carbocycles. The van der Waals surface area contributed by atoms with Crippen LogP contribution in [0.5, 0.6) is 11.5 Å². The molecule has 4 aromatic carbocycles. The number of aliphatic carboxylic acids is 2. The van der Waals surface area contributed by atoms with Gasteiger partial charge in [0.25, 0.3) is 0 Å². The van der Waals surface area contributed by atoms with Crippen LogP contribution in [0.3, 0.4) is 0 Å². The number of urea groups is 1. The zero-order valence-corrected chi connectivity index (χ0v) is 29.3. The van der Waals surface area contributed by atoms with E-state index >= 15 is 0 Å². The van der Waals surface area contributed by atoms with E-state index in [4.69, 9.17) is 31.2 Å². The van der Waals surface area contributed by atoms with Crippen LogP contribution in [0.1, 0.15) is 11.1 Å². The number of benzene rings is 4. The number of anilines is 4. The molecule has 0 aliphatic rings. The largest absolute Gasteiger partial charge is 0.496 e. The van der Waals surface area contributed by atoms with E-state index in [2.05, 4.69) is 30.6 Å². The zero-order chi connectivity index (χ0) is 38.9. The normalized spacial score (nSPS) is 9.96. The molecule has 0 radical (unpaired) electrons. The average Bonchev–Trinajstić information content (AvgIpc) is 3.15. The number of carboxylic acid groups (broad SMARTS) is 2. The third-order valence-corrected chi connectivity index (χ3v) is 7.21. The summed E-state index contributed by atoms with van der Waals surface area (Å²) in [4.78, 5) is 49.6. The molecule has 15 heteroatoms. The van der Waals surface area contributed by atoms with Crippen molar-refractivity contribution in [3.8, 4) is 34.0 Å². The molecule has 8 N–H and O–H groups in total. The van der Waals surface area contributed by atoms with Crippen LogP contribution in [0.4, 0.5) is 27.8 Å². The number of carboxylic acids is 2. The Labute approximate surface area is 310 Å². The van der Waals surface area contributed by atoms with E-state index < -0.39 is 18.0 Å². The minimum atomic E-state index is -0.938. The summed E-state index contributed by atoms with van der Waals surface area (Å²) in [7, 11) is 3.20. The molecule has 54 heavy (non-hydrogen) atoms. The van der Waals surface area contributed by atoms with Gasteiger partial charge in [-0.05, 0) is 59.7 Å². The first-order valence-corrected chi connectivity index (χ1v) is 16.2. The van der Waals surface area contributed by atoms with Gasteiger partial charge in [-0.25, -0.2) is 24.7 Å². The molecule has 2 heterocycles. The highest BCUT2D eigenvalue weighted by atomic mass is 16.5. The van der Waals surface area contributed by atoms with Crippen molar-refractivity contribution in [1.29, 1.82) is 0 Å². The number of amides is 2. The highest BCUT2D eigenvalue weighted by Crippen LogP contribution is 2.29. The van der Waals surface area contributed by atoms with Crippen molar-refractivity contribution in [2.45, 2.75) is 12.8 Å². The lowest BCUT2D eigenvalue weighted by Crippen LogP contribution is -2.20. The summed E-state index contributed by atoms with van der Waals surface area (Å²) < 4.78 is 10.6. The van der Waals surface area contributed by atoms with Crippen molar-refractivity contribution >= 4 is 41.0 Å². The van der Waals surface area contributed by atoms with Gasteiger partial charge in [-0.2, -0.15) is 0 Å². The van der Waals surface area contributed by atoms with Gasteiger partial charge in [0.2, 0.25) is 0 Å². The van der Waals surface area contributed by atoms with E-state index in [0.717, 1.165) is 28.1 Å². The summed E-state index contributed by atoms with van der Waals surface area (Å²) >= 11 is 0. The molecular weight excluding hydrogens is 692 g/mol. The maximum Gasteiger partial charge on any atom is 0.324 e. The molecule has 2 amide bonds. The van der Waals surface area contributed by atoms with E-state index in [0.29, 0.717) is 40.0 Å². The van der Waals surface area contributed by atoms with Crippen molar-refractivity contribution in [3.63, 3.8) is 0 Å². The highest BCUT2D eigenvalue weighted by Gasteiger charge is 2.11. The summed E-state index contributed by atoms with van der Waals surface area (Å²) in [6.45, 7) is 0. The Morgan fingerprint density at radius 3 is 1.70 bits per heavy atom. The maximum absolute atomic E-state index is 12.3. The van der Waals surface area contributed by atoms with E-state index in [1.807, 2.05) is 48.5 Å². The summed E-state index contributed by atoms with van der Waals surface area (Å²) in [6, 6.07) is 31.4. The molecule has 0 saturated heterocycles. The first kappa shape index (κ1) is 39.2. The molecule has 0 aliphatic heterocycles. The van der Waals surface area contributed by atoms with Crippen molar-refractivity contribution in [2.75, 3.05) is 36.3 Å². The van der Waals surface area contributed by atoms with Crippen LogP contribution in [-0.4, -0.2) is 62.3 Å². The Kier molecular flexibility index (Phi) is 14.3. The van der Waals surface area contributed by atoms with Gasteiger partial charge in [0.15, 0.2) is 0 Å². The number of hydrogen-bond donors (Lipinski definition) is 6. The fourth-order valence-electron chi connectivity index (χ4n) is 4.90. The number of methoxy groups -OCH3 is 2. The Hall–Kier alpha value is -7.55. The maximum atomic E-state index is 12.3. The predicted molar refractivity (Wildman–Crippen MR) is 205 cm³/mol. The quantitative estimate of drug-likeness (QED) is 0.0881. The molecule has 0 spiro atoms. The Morgan fingerprint density at radius 1 is 0.611 bits per heavy atom. The first-order chi connectivity index (χ1) is 26.0. The third-order valence-electron chi connectivity index (χ3n) is 7.21. The minimum Gasteiger partial charge on any atom is -0.496 e. The Bertz CT molecular complexity index is 2200. The second kappa shape index (κ2) is 19.7. The molecular formula is C39H38N8O7. The number of para-hydroxylation sites is 2. The fourth-order valence-corrected chi connectivity index (χ4v) is 4.90. The summed E-state index contributed by atoms with van der Waals surface area (Å²) in [6.07, 6.45) is 2.71. The summed E-state index contributed by atoms with van der Waals surface area (Å²) in [5.41, 5.74) is 16.5. The molecule has 0 fully saturated rings. The monoisotopic (exact) mass is 730 g/mol. The van der Waals surface area contributed by atoms with Crippen LogP contribution < -0.4 is 31.6 Å². The SMILES string of the molecule is COc1ccccc1-c1cc(N)ncn1.COc1ccccc1-c1cc(NC(=O)Nc2cccc(CC(=O)O)c2)ncn1.Nc1cccc(CC(=O)O)c1. The van der Waals surface area contributed by atoms with Gasteiger partial charge >= 0.3 is 18.0 Å². The molecule has 0 unspecified atom stereocenters. The Morgan fingerprint density at radius 2 is 1.15 bits per heavy atom. The number of nitrogen functional groups attached to an aromatic ring is 2. The number of ether oxygens (including phenoxy) is 2. The number of nitrogens with one attached hydrogen (secondary N) is 2. The van der Waals surface area contributed by atoms with E-state index in [9.17, 15) is 14.4 Å². The Balaban J connectivity index is 0.000000207. The van der Waals surface area contributed by atoms with Crippen LogP contribution in [-0.2, 0) is 22.4 Å². The number of rotatable bonds is 10. The van der Waals surface area contributed by atoms with Crippen LogP contribution >= 0.6 is 0 Å². The van der Waals surface area contributed by atoms with Crippen molar-refractivity contribution in [3.05, 3.63) is 133 Å². The van der Waals surface area contributed by atoms with E-state index in [1.54, 1.807) is 74.9 Å². The fraction of sp³-hybridized carbons (Fsp3) is 0.103. The number of nitrogens with zero attached hydrogens (tertiary/aromatic N) is 4. The number of nitrogens with two attached hydrogens (primary N) is 2. The highest BCUT2D eigenvalue weighted by molar-refractivity contribution is 5.99. The van der Waals surface area contributed by atoms with Crippen LogP contribution in [0.25, 0.3) is 22.5 Å². The second-order valence-electron chi connectivity index (χ2n) is 11.2. The summed E-state index contributed by atoms with van der Waals surface area (Å²) in [5, 5.41) is 22.6. The molecule has 0 atom stereocenters. The number of aromatic nitrogens is 4. The van der Waals surface area contributed by atoms with Crippen LogP contribution in [0.2, 0.25) is 0 Å². The predicted octanol–water partition coefficient (Wildman–Crippen LogP) is 6.05. The molecule has 0 saturated carbocycles. The van der Waals surface area contributed by atoms with Gasteiger partial charge in [0, 0.05) is 34.6 Å². The molecule has 0 bridgehead atoms. The molecule has 2 aromatic heterocycles. The van der Waals surface area contributed by atoms with E-state index in [1.165, 1.54) is 12.7 Å². The lowest BCUT2D eigenvalue weighted by molar-refractivity contribution is -0.137. The molecule has 276 valence electrons. The van der Waals surface area contributed by atoms with Gasteiger partial charge in [-0.15, -0.1) is 0 Å². The van der Waals surface area contributed by atoms with Crippen LogP contribution in [0, 0.1) is 0 Å². The van der Waals surface area contributed by atoms with E-state index in [-0.39, 0.29) is 12.8 Å². The minimum absolute atomic E-state index is 0.0328. The molecule has 6 rings (SSSR count). The molecule has 6 aromatic rings. The second-order valence-corrected chi connectivity index (χ2v) is 11.2. The van der Waals surface area contributed by atoms with Crippen molar-refractivity contribution in [1.82, 2.24) is 19.9 Å². The number of hydrogen-bond acceptors (Lipinski definition) is 11. The van der Waals surface area contributed by atoms with Gasteiger partial charge < -0.3 is 36.5 Å². The third kappa shape index (κ3) is 12.3. The topological polar surface area (TPSA) is 238 Å². The zero-order valence-electron chi connectivity index (χ0n) is 29.3.